The summed E-state index contributed by atoms with van der Waals surface area (Å²) in [5.41, 5.74) is -1.35. The molecule has 3 aliphatic carbocycles. The fourth-order valence-corrected chi connectivity index (χ4v) is 5.16. The van der Waals surface area contributed by atoms with Crippen molar-refractivity contribution in [3.05, 3.63) is 0 Å². The van der Waals surface area contributed by atoms with Crippen LogP contribution in [0.5, 0.6) is 0 Å². The van der Waals surface area contributed by atoms with Crippen LogP contribution in [0, 0.1) is 10.8 Å². The molecule has 126 valence electrons. The fraction of sp³-hybridized carbons (Fsp3) is 0.944. The van der Waals surface area contributed by atoms with Crippen LogP contribution < -0.4 is 0 Å². The Kier molecular flexibility index (Phi) is 4.61. The standard InChI is InChI=1S/C18H29FO3/c1-3-21-13-5-9-17(10-6-13)15(19)18(16(17)20)11-7-14(8-12-18)22-4-2/h13-15H,3-12H2,1-2H3/t13?,14?,15?,17-,18-. The third kappa shape index (κ3) is 2.34. The first-order chi connectivity index (χ1) is 10.6. The van der Waals surface area contributed by atoms with Gasteiger partial charge in [-0.05, 0) is 65.2 Å². The lowest BCUT2D eigenvalue weighted by molar-refractivity contribution is -0.197. The molecule has 3 fully saturated rings. The molecule has 22 heavy (non-hydrogen) atoms. The van der Waals surface area contributed by atoms with Gasteiger partial charge in [0, 0.05) is 13.2 Å². The van der Waals surface area contributed by atoms with Gasteiger partial charge in [0.2, 0.25) is 0 Å². The summed E-state index contributed by atoms with van der Waals surface area (Å²) in [6.45, 7) is 5.38. The number of halogens is 1. The predicted molar refractivity (Wildman–Crippen MR) is 82.5 cm³/mol. The molecule has 2 spiro atoms. The molecule has 0 heterocycles. The van der Waals surface area contributed by atoms with E-state index in [1.807, 2.05) is 13.8 Å². The largest absolute Gasteiger partial charge is 0.379 e. The highest BCUT2D eigenvalue weighted by Gasteiger charge is 2.71. The molecule has 0 bridgehead atoms. The number of hydrogen-bond acceptors (Lipinski definition) is 3. The summed E-state index contributed by atoms with van der Waals surface area (Å²) in [7, 11) is 0. The topological polar surface area (TPSA) is 35.5 Å². The zero-order valence-corrected chi connectivity index (χ0v) is 13.9. The van der Waals surface area contributed by atoms with Crippen LogP contribution in [-0.4, -0.2) is 37.4 Å². The van der Waals surface area contributed by atoms with E-state index in [0.29, 0.717) is 38.9 Å². The van der Waals surface area contributed by atoms with Gasteiger partial charge in [0.15, 0.2) is 5.78 Å². The molecule has 0 N–H and O–H groups in total. The van der Waals surface area contributed by atoms with Crippen molar-refractivity contribution in [1.82, 2.24) is 0 Å². The Hall–Kier alpha value is -0.480. The van der Waals surface area contributed by atoms with Gasteiger partial charge in [-0.3, -0.25) is 4.79 Å². The van der Waals surface area contributed by atoms with E-state index in [9.17, 15) is 4.79 Å². The molecule has 0 atom stereocenters. The molecule has 0 aliphatic heterocycles. The average molecular weight is 312 g/mol. The van der Waals surface area contributed by atoms with E-state index in [1.165, 1.54) is 0 Å². The van der Waals surface area contributed by atoms with E-state index < -0.39 is 17.0 Å². The third-order valence-corrected chi connectivity index (χ3v) is 6.33. The Morgan fingerprint density at radius 2 is 1.27 bits per heavy atom. The van der Waals surface area contributed by atoms with Crippen molar-refractivity contribution in [1.29, 1.82) is 0 Å². The second kappa shape index (κ2) is 6.20. The van der Waals surface area contributed by atoms with E-state index in [2.05, 4.69) is 0 Å². The van der Waals surface area contributed by atoms with Crippen LogP contribution in [-0.2, 0) is 14.3 Å². The molecule has 0 aromatic carbocycles. The molecule has 3 nitrogen and oxygen atoms in total. The molecule has 4 heteroatoms. The molecular formula is C18H29FO3. The van der Waals surface area contributed by atoms with Gasteiger partial charge in [-0.2, -0.15) is 0 Å². The summed E-state index contributed by atoms with van der Waals surface area (Å²) in [6.07, 6.45) is 5.52. The number of hydrogen-bond donors (Lipinski definition) is 0. The molecule has 0 saturated heterocycles. The van der Waals surface area contributed by atoms with Crippen LogP contribution in [0.25, 0.3) is 0 Å². The predicted octanol–water partition coefficient (Wildman–Crippen LogP) is 3.84. The van der Waals surface area contributed by atoms with Gasteiger partial charge in [-0.15, -0.1) is 0 Å². The van der Waals surface area contributed by atoms with Gasteiger partial charge in [0.25, 0.3) is 0 Å². The first-order valence-electron chi connectivity index (χ1n) is 9.01. The summed E-state index contributed by atoms with van der Waals surface area (Å²) >= 11 is 0. The first-order valence-corrected chi connectivity index (χ1v) is 9.01. The summed E-state index contributed by atoms with van der Waals surface area (Å²) in [4.78, 5) is 12.9. The Morgan fingerprint density at radius 3 is 1.55 bits per heavy atom. The quantitative estimate of drug-likeness (QED) is 0.791. The average Bonchev–Trinajstić information content (AvgIpc) is 2.56. The number of ether oxygens (including phenoxy) is 2. The Labute approximate surface area is 132 Å². The number of ketones is 1. The third-order valence-electron chi connectivity index (χ3n) is 6.33. The smallest absolute Gasteiger partial charge is 0.151 e. The second-order valence-electron chi connectivity index (χ2n) is 7.31. The number of carbonyl (C=O) groups excluding carboxylic acids is 1. The maximum absolute atomic E-state index is 15.2. The van der Waals surface area contributed by atoms with Gasteiger partial charge in [0.05, 0.1) is 23.0 Å². The highest BCUT2D eigenvalue weighted by atomic mass is 19.1. The maximum Gasteiger partial charge on any atom is 0.151 e. The van der Waals surface area contributed by atoms with Crippen molar-refractivity contribution >= 4 is 5.78 Å². The highest BCUT2D eigenvalue weighted by molar-refractivity contribution is 5.98. The first kappa shape index (κ1) is 16.4. The van der Waals surface area contributed by atoms with Gasteiger partial charge >= 0.3 is 0 Å². The number of rotatable bonds is 4. The molecule has 0 aromatic heterocycles. The van der Waals surface area contributed by atoms with Gasteiger partial charge in [-0.1, -0.05) is 0 Å². The SMILES string of the molecule is CCOC1CC[C@]2(CC1)C(=O)[C@@]1(CCC(OCC)CC1)C2F. The monoisotopic (exact) mass is 312 g/mol. The highest BCUT2D eigenvalue weighted by Crippen LogP contribution is 2.64. The van der Waals surface area contributed by atoms with Crippen LogP contribution >= 0.6 is 0 Å². The van der Waals surface area contributed by atoms with E-state index in [0.717, 1.165) is 25.7 Å². The van der Waals surface area contributed by atoms with Crippen molar-refractivity contribution in [2.75, 3.05) is 13.2 Å². The van der Waals surface area contributed by atoms with Gasteiger partial charge in [-0.25, -0.2) is 4.39 Å². The molecule has 3 saturated carbocycles. The van der Waals surface area contributed by atoms with Crippen LogP contribution in [0.2, 0.25) is 0 Å². The van der Waals surface area contributed by atoms with Crippen molar-refractivity contribution in [3.8, 4) is 0 Å². The minimum atomic E-state index is -0.947. The van der Waals surface area contributed by atoms with Gasteiger partial charge in [0.1, 0.15) is 6.17 Å². The lowest BCUT2D eigenvalue weighted by Gasteiger charge is -2.61. The molecule has 0 aromatic rings. The zero-order valence-electron chi connectivity index (χ0n) is 13.9. The van der Waals surface area contributed by atoms with Crippen molar-refractivity contribution in [2.24, 2.45) is 10.8 Å². The summed E-state index contributed by atoms with van der Waals surface area (Å²) in [5, 5.41) is 0. The number of carbonyl (C=O) groups is 1. The molecule has 3 aliphatic rings. The molecule has 0 amide bonds. The Balaban J connectivity index is 1.62. The summed E-state index contributed by atoms with van der Waals surface area (Å²) in [6, 6.07) is 0. The number of Topliss-reactive ketones (excluding diaryl/α,β-unsaturated/α-hetero) is 1. The molecular weight excluding hydrogens is 283 g/mol. The lowest BCUT2D eigenvalue weighted by Crippen LogP contribution is -2.69. The minimum absolute atomic E-state index is 0.220. The molecule has 3 rings (SSSR count). The zero-order chi connectivity index (χ0) is 15.8. The van der Waals surface area contributed by atoms with Crippen LogP contribution in [0.4, 0.5) is 4.39 Å². The van der Waals surface area contributed by atoms with E-state index >= 15 is 4.39 Å². The Morgan fingerprint density at radius 1 is 0.909 bits per heavy atom. The van der Waals surface area contributed by atoms with E-state index in [4.69, 9.17) is 9.47 Å². The summed E-state index contributed by atoms with van der Waals surface area (Å²) in [5.74, 6) is 0.220. The van der Waals surface area contributed by atoms with E-state index in [1.54, 1.807) is 0 Å². The van der Waals surface area contributed by atoms with Crippen LogP contribution in [0.3, 0.4) is 0 Å². The minimum Gasteiger partial charge on any atom is -0.379 e. The second-order valence-corrected chi connectivity index (χ2v) is 7.31. The van der Waals surface area contributed by atoms with Crippen LogP contribution in [0.1, 0.15) is 65.2 Å². The van der Waals surface area contributed by atoms with E-state index in [-0.39, 0.29) is 18.0 Å². The van der Waals surface area contributed by atoms with Crippen molar-refractivity contribution < 1.29 is 18.7 Å². The van der Waals surface area contributed by atoms with Crippen molar-refractivity contribution in [2.45, 2.75) is 83.6 Å². The normalized spacial score (nSPS) is 45.2. The van der Waals surface area contributed by atoms with Crippen LogP contribution in [0.15, 0.2) is 0 Å². The summed E-state index contributed by atoms with van der Waals surface area (Å²) < 4.78 is 26.5. The van der Waals surface area contributed by atoms with Crippen molar-refractivity contribution in [3.63, 3.8) is 0 Å². The fourth-order valence-electron chi connectivity index (χ4n) is 5.16. The lowest BCUT2D eigenvalue weighted by atomic mass is 9.42. The maximum atomic E-state index is 15.2. The number of alkyl halides is 1. The Bertz CT molecular complexity index is 371. The van der Waals surface area contributed by atoms with Gasteiger partial charge < -0.3 is 9.47 Å². The molecule has 0 radical (unpaired) electrons. The molecule has 0 unspecified atom stereocenters.